The van der Waals surface area contributed by atoms with Gasteiger partial charge in [-0.15, -0.1) is 0 Å². The lowest BCUT2D eigenvalue weighted by molar-refractivity contribution is -0.384. The lowest BCUT2D eigenvalue weighted by atomic mass is 10.1. The molecule has 0 aromatic heterocycles. The molecule has 1 amide bonds. The summed E-state index contributed by atoms with van der Waals surface area (Å²) in [6.07, 6.45) is 1.42. The number of nitro benzene ring substituents is 1. The second kappa shape index (κ2) is 5.82. The monoisotopic (exact) mass is 324 g/mol. The molecule has 0 unspecified atom stereocenters. The van der Waals surface area contributed by atoms with Crippen LogP contribution in [0.25, 0.3) is 6.08 Å². The Kier molecular flexibility index (Phi) is 4.29. The van der Waals surface area contributed by atoms with Gasteiger partial charge in [-0.2, -0.15) is 0 Å². The number of carbonyl (C=O) groups excluding carboxylic acids is 1. The van der Waals surface area contributed by atoms with Crippen molar-refractivity contribution in [2.24, 2.45) is 0 Å². The summed E-state index contributed by atoms with van der Waals surface area (Å²) in [6.45, 7) is 3.69. The molecule has 1 saturated heterocycles. The molecule has 1 aromatic rings. The van der Waals surface area contributed by atoms with E-state index in [-0.39, 0.29) is 28.9 Å². The third-order valence-electron chi connectivity index (χ3n) is 2.85. The maximum Gasteiger partial charge on any atom is 0.270 e. The number of aromatic hydroxyl groups is 1. The number of nitrogens with zero attached hydrogens (tertiary/aromatic N) is 2. The molecule has 0 bridgehead atoms. The first kappa shape index (κ1) is 15.5. The number of carbonyl (C=O) groups is 1. The Morgan fingerprint density at radius 1 is 1.48 bits per heavy atom. The van der Waals surface area contributed by atoms with Crippen LogP contribution in [-0.4, -0.2) is 31.2 Å². The molecule has 1 aliphatic rings. The summed E-state index contributed by atoms with van der Waals surface area (Å²) in [6, 6.07) is 3.58. The lowest BCUT2D eigenvalue weighted by Crippen LogP contribution is -2.34. The van der Waals surface area contributed by atoms with Crippen molar-refractivity contribution in [1.82, 2.24) is 4.90 Å². The van der Waals surface area contributed by atoms with Crippen LogP contribution in [-0.2, 0) is 4.79 Å². The minimum Gasteiger partial charge on any atom is -0.507 e. The van der Waals surface area contributed by atoms with E-state index in [2.05, 4.69) is 0 Å². The number of thiocarbonyl (C=S) groups is 1. The van der Waals surface area contributed by atoms with Crippen LogP contribution in [0.3, 0.4) is 0 Å². The number of nitro groups is 1. The summed E-state index contributed by atoms with van der Waals surface area (Å²) < 4.78 is 0.436. The van der Waals surface area contributed by atoms with Crippen LogP contribution in [0.5, 0.6) is 5.75 Å². The molecule has 1 fully saturated rings. The van der Waals surface area contributed by atoms with E-state index < -0.39 is 4.92 Å². The largest absolute Gasteiger partial charge is 0.507 e. The number of phenols is 1. The van der Waals surface area contributed by atoms with Gasteiger partial charge in [-0.1, -0.05) is 24.0 Å². The maximum atomic E-state index is 12.2. The normalized spacial score (nSPS) is 17.1. The second-order valence-electron chi connectivity index (χ2n) is 4.65. The van der Waals surface area contributed by atoms with Gasteiger partial charge in [-0.3, -0.25) is 19.8 Å². The van der Waals surface area contributed by atoms with Crippen LogP contribution in [0.15, 0.2) is 23.1 Å². The molecule has 8 heteroatoms. The quantitative estimate of drug-likeness (QED) is 0.398. The second-order valence-corrected chi connectivity index (χ2v) is 6.32. The van der Waals surface area contributed by atoms with E-state index in [0.717, 1.165) is 11.8 Å². The van der Waals surface area contributed by atoms with Crippen molar-refractivity contribution in [2.45, 2.75) is 19.9 Å². The lowest BCUT2D eigenvalue weighted by Gasteiger charge is -2.18. The zero-order valence-corrected chi connectivity index (χ0v) is 12.9. The molecular formula is C13H12N2O4S2. The smallest absolute Gasteiger partial charge is 0.270 e. The van der Waals surface area contributed by atoms with Gasteiger partial charge in [0, 0.05) is 23.7 Å². The van der Waals surface area contributed by atoms with Crippen LogP contribution >= 0.6 is 24.0 Å². The van der Waals surface area contributed by atoms with E-state index in [9.17, 15) is 20.0 Å². The van der Waals surface area contributed by atoms with Crippen molar-refractivity contribution in [1.29, 1.82) is 0 Å². The van der Waals surface area contributed by atoms with Gasteiger partial charge in [0.05, 0.1) is 9.83 Å². The molecule has 2 rings (SSSR count). The van der Waals surface area contributed by atoms with E-state index in [4.69, 9.17) is 12.2 Å². The fraction of sp³-hybridized carbons (Fsp3) is 0.231. The average Bonchev–Trinajstić information content (AvgIpc) is 2.66. The molecule has 6 nitrogen and oxygen atoms in total. The first-order valence-corrected chi connectivity index (χ1v) is 7.28. The Bertz CT molecular complexity index is 670. The molecule has 0 aliphatic carbocycles. The Labute approximate surface area is 130 Å². The molecule has 1 heterocycles. The number of thioether (sulfide) groups is 1. The fourth-order valence-corrected chi connectivity index (χ4v) is 3.35. The Balaban J connectivity index is 2.41. The highest BCUT2D eigenvalue weighted by atomic mass is 32.2. The highest BCUT2D eigenvalue weighted by molar-refractivity contribution is 8.26. The summed E-state index contributed by atoms with van der Waals surface area (Å²) in [5.41, 5.74) is 0.0619. The van der Waals surface area contributed by atoms with Gasteiger partial charge in [0.2, 0.25) is 0 Å². The fourth-order valence-electron chi connectivity index (χ4n) is 1.84. The number of rotatable bonds is 3. The number of amides is 1. The zero-order chi connectivity index (χ0) is 15.7. The molecule has 110 valence electrons. The summed E-state index contributed by atoms with van der Waals surface area (Å²) in [4.78, 5) is 24.2. The number of hydrogen-bond donors (Lipinski definition) is 1. The van der Waals surface area contributed by atoms with Gasteiger partial charge in [-0.25, -0.2) is 0 Å². The van der Waals surface area contributed by atoms with Gasteiger partial charge in [0.1, 0.15) is 10.1 Å². The van der Waals surface area contributed by atoms with Gasteiger partial charge in [0.25, 0.3) is 11.6 Å². The summed E-state index contributed by atoms with van der Waals surface area (Å²) >= 11 is 6.26. The van der Waals surface area contributed by atoms with E-state index >= 15 is 0 Å². The predicted molar refractivity (Wildman–Crippen MR) is 84.9 cm³/mol. The molecule has 0 saturated carbocycles. The molecule has 0 atom stereocenters. The van der Waals surface area contributed by atoms with Crippen LogP contribution < -0.4 is 0 Å². The minimum atomic E-state index is -0.559. The molecule has 1 aliphatic heterocycles. The molecule has 1 aromatic carbocycles. The summed E-state index contributed by atoms with van der Waals surface area (Å²) in [5, 5.41) is 20.5. The van der Waals surface area contributed by atoms with E-state index in [0.29, 0.717) is 9.23 Å². The number of benzene rings is 1. The first-order chi connectivity index (χ1) is 9.81. The van der Waals surface area contributed by atoms with E-state index in [1.807, 2.05) is 13.8 Å². The summed E-state index contributed by atoms with van der Waals surface area (Å²) in [7, 11) is 0. The van der Waals surface area contributed by atoms with Crippen LogP contribution in [0, 0.1) is 10.1 Å². The SMILES string of the molecule is CC(C)N1C(=O)/C(=C/c2cc([N+](=O)[O-])ccc2O)SC1=S. The standard InChI is InChI=1S/C13H12N2O4S2/c1-7(2)14-12(17)11(21-13(14)20)6-8-5-9(15(18)19)3-4-10(8)16/h3-7,16H,1-2H3/b11-6-. The molecule has 0 spiro atoms. The molecular weight excluding hydrogens is 312 g/mol. The Morgan fingerprint density at radius 2 is 2.14 bits per heavy atom. The van der Waals surface area contributed by atoms with Gasteiger partial charge >= 0.3 is 0 Å². The summed E-state index contributed by atoms with van der Waals surface area (Å²) in [5.74, 6) is -0.388. The van der Waals surface area contributed by atoms with Gasteiger partial charge in [0.15, 0.2) is 0 Å². The van der Waals surface area contributed by atoms with Crippen molar-refractivity contribution >= 4 is 46.0 Å². The van der Waals surface area contributed by atoms with E-state index in [1.165, 1.54) is 29.2 Å². The first-order valence-electron chi connectivity index (χ1n) is 6.05. The van der Waals surface area contributed by atoms with Crippen LogP contribution in [0.4, 0.5) is 5.69 Å². The van der Waals surface area contributed by atoms with Gasteiger partial charge < -0.3 is 5.11 Å². The van der Waals surface area contributed by atoms with Gasteiger partial charge in [-0.05, 0) is 26.0 Å². The van der Waals surface area contributed by atoms with Crippen molar-refractivity contribution in [2.75, 3.05) is 0 Å². The molecule has 0 radical (unpaired) electrons. The number of phenolic OH excluding ortho intramolecular Hbond substituents is 1. The van der Waals surface area contributed by atoms with Crippen molar-refractivity contribution in [3.05, 3.63) is 38.8 Å². The Hall–Kier alpha value is -1.93. The average molecular weight is 324 g/mol. The zero-order valence-electron chi connectivity index (χ0n) is 11.3. The highest BCUT2D eigenvalue weighted by Crippen LogP contribution is 2.35. The number of hydrogen-bond acceptors (Lipinski definition) is 6. The third-order valence-corrected chi connectivity index (χ3v) is 4.18. The third kappa shape index (κ3) is 3.06. The number of non-ortho nitro benzene ring substituents is 1. The topological polar surface area (TPSA) is 83.7 Å². The van der Waals surface area contributed by atoms with E-state index in [1.54, 1.807) is 0 Å². The Morgan fingerprint density at radius 3 is 2.67 bits per heavy atom. The van der Waals surface area contributed by atoms with Crippen molar-refractivity contribution in [3.63, 3.8) is 0 Å². The van der Waals surface area contributed by atoms with Crippen LogP contribution in [0.1, 0.15) is 19.4 Å². The van der Waals surface area contributed by atoms with Crippen molar-refractivity contribution in [3.8, 4) is 5.75 Å². The molecule has 21 heavy (non-hydrogen) atoms. The minimum absolute atomic E-state index is 0.0675. The highest BCUT2D eigenvalue weighted by Gasteiger charge is 2.33. The van der Waals surface area contributed by atoms with Crippen molar-refractivity contribution < 1.29 is 14.8 Å². The maximum absolute atomic E-state index is 12.2. The van der Waals surface area contributed by atoms with Crippen LogP contribution in [0.2, 0.25) is 0 Å². The predicted octanol–water partition coefficient (Wildman–Crippen LogP) is 2.91. The molecule has 1 N–H and O–H groups in total.